The molecule has 7 nitrogen and oxygen atoms in total. The summed E-state index contributed by atoms with van der Waals surface area (Å²) in [5.74, 6) is 0.0167. The van der Waals surface area contributed by atoms with Gasteiger partial charge in [0.15, 0.2) is 12.4 Å². The Labute approximate surface area is 261 Å². The summed E-state index contributed by atoms with van der Waals surface area (Å²) in [7, 11) is 0. The van der Waals surface area contributed by atoms with Crippen LogP contribution in [0.15, 0.2) is 103 Å². The number of halogens is 3. The van der Waals surface area contributed by atoms with E-state index in [4.69, 9.17) is 39.5 Å². The van der Waals surface area contributed by atoms with Crippen LogP contribution in [0.25, 0.3) is 21.7 Å². The summed E-state index contributed by atoms with van der Waals surface area (Å²) < 4.78 is 7.69. The number of amides is 2. The molecule has 1 heterocycles. The molecule has 10 heteroatoms. The molecule has 2 amide bonds. The van der Waals surface area contributed by atoms with E-state index in [1.165, 1.54) is 0 Å². The van der Waals surface area contributed by atoms with Gasteiger partial charge in [-0.05, 0) is 71.6 Å². The van der Waals surface area contributed by atoms with Crippen LogP contribution < -0.4 is 15.4 Å². The van der Waals surface area contributed by atoms with Crippen molar-refractivity contribution in [2.75, 3.05) is 17.2 Å². The first-order chi connectivity index (χ1) is 20.8. The van der Waals surface area contributed by atoms with Gasteiger partial charge in [-0.2, -0.15) is 0 Å². The SMILES string of the molecule is O=C(Nc1ccc2c(c1)c(OCC(=O)c1ccc(Cl)cc1)nn2Cc1ccc(Cl)c(Cl)c1)Nc1cccc2ccccc12. The van der Waals surface area contributed by atoms with E-state index in [1.807, 2.05) is 54.6 Å². The van der Waals surface area contributed by atoms with Crippen molar-refractivity contribution in [1.29, 1.82) is 0 Å². The maximum atomic E-state index is 13.0. The van der Waals surface area contributed by atoms with Crippen molar-refractivity contribution in [1.82, 2.24) is 9.78 Å². The molecule has 1 aromatic heterocycles. The van der Waals surface area contributed by atoms with Crippen LogP contribution in [-0.4, -0.2) is 28.2 Å². The van der Waals surface area contributed by atoms with Crippen LogP contribution in [0.3, 0.4) is 0 Å². The van der Waals surface area contributed by atoms with Gasteiger partial charge in [-0.15, -0.1) is 5.10 Å². The van der Waals surface area contributed by atoms with Crippen LogP contribution in [-0.2, 0) is 6.54 Å². The molecule has 0 aliphatic carbocycles. The first kappa shape index (κ1) is 28.6. The molecule has 0 bridgehead atoms. The van der Waals surface area contributed by atoms with Gasteiger partial charge in [0.1, 0.15) is 0 Å². The van der Waals surface area contributed by atoms with Gasteiger partial charge in [0, 0.05) is 21.7 Å². The summed E-state index contributed by atoms with van der Waals surface area (Å²) in [4.78, 5) is 25.8. The minimum absolute atomic E-state index is 0.229. The van der Waals surface area contributed by atoms with Crippen molar-refractivity contribution in [3.63, 3.8) is 0 Å². The van der Waals surface area contributed by atoms with E-state index in [9.17, 15) is 9.59 Å². The highest BCUT2D eigenvalue weighted by molar-refractivity contribution is 6.42. The maximum Gasteiger partial charge on any atom is 0.323 e. The Hall–Kier alpha value is -4.56. The highest BCUT2D eigenvalue weighted by Crippen LogP contribution is 2.30. The fourth-order valence-electron chi connectivity index (χ4n) is 4.74. The predicted molar refractivity (Wildman–Crippen MR) is 173 cm³/mol. The van der Waals surface area contributed by atoms with Crippen LogP contribution in [0.1, 0.15) is 15.9 Å². The molecular weight excluding hydrogens is 607 g/mol. The van der Waals surface area contributed by atoms with Crippen LogP contribution in [0.2, 0.25) is 15.1 Å². The molecule has 6 rings (SSSR count). The van der Waals surface area contributed by atoms with Crippen LogP contribution >= 0.6 is 34.8 Å². The zero-order chi connectivity index (χ0) is 29.9. The number of anilines is 2. The largest absolute Gasteiger partial charge is 0.468 e. The highest BCUT2D eigenvalue weighted by atomic mass is 35.5. The number of aromatic nitrogens is 2. The topological polar surface area (TPSA) is 85.2 Å². The van der Waals surface area contributed by atoms with Crippen LogP contribution in [0.4, 0.5) is 16.2 Å². The van der Waals surface area contributed by atoms with Crippen LogP contribution in [0, 0.1) is 0 Å². The lowest BCUT2D eigenvalue weighted by Gasteiger charge is -2.11. The Kier molecular flexibility index (Phi) is 8.20. The smallest absolute Gasteiger partial charge is 0.323 e. The van der Waals surface area contributed by atoms with E-state index in [1.54, 1.807) is 53.2 Å². The molecular formula is C33H23Cl3N4O3. The lowest BCUT2D eigenvalue weighted by molar-refractivity contribution is 0.0918. The summed E-state index contributed by atoms with van der Waals surface area (Å²) in [5.41, 5.74) is 3.29. The summed E-state index contributed by atoms with van der Waals surface area (Å²) in [6.45, 7) is 0.135. The number of ketones is 1. The van der Waals surface area contributed by atoms with Gasteiger partial charge >= 0.3 is 6.03 Å². The van der Waals surface area contributed by atoms with Crippen molar-refractivity contribution in [3.8, 4) is 5.88 Å². The van der Waals surface area contributed by atoms with Gasteiger partial charge in [0.25, 0.3) is 0 Å². The summed E-state index contributed by atoms with van der Waals surface area (Å²) in [6.07, 6.45) is 0. The molecule has 0 unspecified atom stereocenters. The number of urea groups is 1. The summed E-state index contributed by atoms with van der Waals surface area (Å²) in [5, 5.41) is 14.5. The number of nitrogens with zero attached hydrogens (tertiary/aromatic N) is 2. The van der Waals surface area contributed by atoms with Crippen molar-refractivity contribution < 1.29 is 14.3 Å². The molecule has 0 saturated carbocycles. The number of carbonyl (C=O) groups excluding carboxylic acids is 2. The fourth-order valence-corrected chi connectivity index (χ4v) is 5.18. The standard InChI is InChI=1S/C33H23Cl3N4O3/c34-23-11-9-22(10-12-23)31(41)19-43-32-26-17-24(37-33(42)38-29-7-3-5-21-4-1-2-6-25(21)29)13-15-30(26)40(39-32)18-20-8-14-27(35)28(36)16-20/h1-17H,18-19H2,(H2,37,38,42). The van der Waals surface area contributed by atoms with Gasteiger partial charge in [-0.3, -0.25) is 9.48 Å². The van der Waals surface area contributed by atoms with E-state index in [-0.39, 0.29) is 18.3 Å². The van der Waals surface area contributed by atoms with Gasteiger partial charge in [-0.1, -0.05) is 77.3 Å². The third-order valence-corrected chi connectivity index (χ3v) is 7.83. The van der Waals surface area contributed by atoms with Crippen molar-refractivity contribution in [3.05, 3.63) is 129 Å². The second-order valence-electron chi connectivity index (χ2n) is 9.77. The van der Waals surface area contributed by atoms with E-state index < -0.39 is 6.03 Å². The minimum atomic E-state index is -0.403. The molecule has 0 spiro atoms. The highest BCUT2D eigenvalue weighted by Gasteiger charge is 2.17. The number of nitrogens with one attached hydrogen (secondary N) is 2. The Morgan fingerprint density at radius 3 is 2.37 bits per heavy atom. The molecule has 0 fully saturated rings. The van der Waals surface area contributed by atoms with E-state index in [2.05, 4.69) is 15.7 Å². The molecule has 0 saturated heterocycles. The number of rotatable bonds is 8. The molecule has 2 N–H and O–H groups in total. The Morgan fingerprint density at radius 2 is 1.56 bits per heavy atom. The van der Waals surface area contributed by atoms with Crippen molar-refractivity contribution >= 4 is 79.7 Å². The fraction of sp³-hybridized carbons (Fsp3) is 0.0606. The molecule has 0 aliphatic heterocycles. The second kappa shape index (κ2) is 12.4. The zero-order valence-electron chi connectivity index (χ0n) is 22.5. The maximum absolute atomic E-state index is 13.0. The van der Waals surface area contributed by atoms with Crippen LogP contribution in [0.5, 0.6) is 5.88 Å². The average Bonchev–Trinajstić information content (AvgIpc) is 3.34. The quantitative estimate of drug-likeness (QED) is 0.165. The number of carbonyl (C=O) groups is 2. The molecule has 5 aromatic carbocycles. The lowest BCUT2D eigenvalue weighted by Crippen LogP contribution is -2.19. The molecule has 0 radical (unpaired) electrons. The number of ether oxygens (including phenoxy) is 1. The number of hydrogen-bond acceptors (Lipinski definition) is 4. The molecule has 6 aromatic rings. The molecule has 0 atom stereocenters. The number of benzene rings is 5. The molecule has 214 valence electrons. The Bertz CT molecular complexity index is 1990. The van der Waals surface area contributed by atoms with Gasteiger partial charge < -0.3 is 15.4 Å². The zero-order valence-corrected chi connectivity index (χ0v) is 24.8. The third-order valence-electron chi connectivity index (χ3n) is 6.83. The first-order valence-corrected chi connectivity index (χ1v) is 14.4. The molecule has 0 aliphatic rings. The lowest BCUT2D eigenvalue weighted by atomic mass is 10.1. The number of hydrogen-bond donors (Lipinski definition) is 2. The van der Waals surface area contributed by atoms with E-state index in [0.717, 1.165) is 21.9 Å². The van der Waals surface area contributed by atoms with Gasteiger partial charge in [0.05, 0.1) is 33.2 Å². The predicted octanol–water partition coefficient (Wildman–Crippen LogP) is 9.10. The minimum Gasteiger partial charge on any atom is -0.468 e. The number of fused-ring (bicyclic) bond motifs is 2. The Balaban J connectivity index is 1.27. The van der Waals surface area contributed by atoms with Crippen molar-refractivity contribution in [2.45, 2.75) is 6.54 Å². The van der Waals surface area contributed by atoms with Gasteiger partial charge in [0.2, 0.25) is 5.88 Å². The monoisotopic (exact) mass is 628 g/mol. The third kappa shape index (κ3) is 6.44. The average molecular weight is 630 g/mol. The van der Waals surface area contributed by atoms with E-state index in [0.29, 0.717) is 43.9 Å². The second-order valence-corrected chi connectivity index (χ2v) is 11.0. The summed E-state index contributed by atoms with van der Waals surface area (Å²) in [6, 6.07) is 30.5. The first-order valence-electron chi connectivity index (χ1n) is 13.3. The summed E-state index contributed by atoms with van der Waals surface area (Å²) >= 11 is 18.3. The van der Waals surface area contributed by atoms with E-state index >= 15 is 0 Å². The van der Waals surface area contributed by atoms with Crippen molar-refractivity contribution in [2.24, 2.45) is 0 Å². The molecule has 43 heavy (non-hydrogen) atoms. The normalized spacial score (nSPS) is 11.0. The van der Waals surface area contributed by atoms with Gasteiger partial charge in [-0.25, -0.2) is 4.79 Å². The number of Topliss-reactive ketones (excluding diaryl/α,β-unsaturated/α-hetero) is 1. The Morgan fingerprint density at radius 1 is 0.767 bits per heavy atom.